The van der Waals surface area contributed by atoms with Crippen LogP contribution in [0.4, 0.5) is 5.82 Å². The van der Waals surface area contributed by atoms with E-state index in [0.717, 1.165) is 16.9 Å². The van der Waals surface area contributed by atoms with Crippen molar-refractivity contribution in [3.8, 4) is 34.5 Å². The zero-order chi connectivity index (χ0) is 25.8. The van der Waals surface area contributed by atoms with E-state index < -0.39 is 6.10 Å². The number of likely N-dealkylation sites (N-methyl/N-ethyl adjacent to an activating group) is 1. The number of aromatic nitrogens is 2. The van der Waals surface area contributed by atoms with Crippen LogP contribution in [0.1, 0.15) is 5.56 Å². The number of nitrogens with one attached hydrogen (secondary N) is 1. The third-order valence-electron chi connectivity index (χ3n) is 5.43. The van der Waals surface area contributed by atoms with Crippen LogP contribution in [0.3, 0.4) is 0 Å². The van der Waals surface area contributed by atoms with Gasteiger partial charge in [0.2, 0.25) is 0 Å². The Hall–Kier alpha value is -3.55. The molecule has 9 heteroatoms. The maximum absolute atomic E-state index is 9.98. The molecule has 0 saturated heterocycles. The highest BCUT2D eigenvalue weighted by atomic mass is 16.5. The van der Waals surface area contributed by atoms with E-state index in [1.807, 2.05) is 48.5 Å². The van der Waals surface area contributed by atoms with Crippen molar-refractivity contribution < 1.29 is 19.3 Å². The minimum Gasteiger partial charge on any atom is -0.491 e. The van der Waals surface area contributed by atoms with Gasteiger partial charge >= 0.3 is 0 Å². The number of nitriles is 1. The van der Waals surface area contributed by atoms with Crippen molar-refractivity contribution >= 4 is 5.82 Å². The van der Waals surface area contributed by atoms with E-state index in [9.17, 15) is 10.4 Å². The number of aliphatic hydroxyl groups excluding tert-OH is 1. The van der Waals surface area contributed by atoms with Gasteiger partial charge in [0.25, 0.3) is 0 Å². The minimum absolute atomic E-state index is 0.166. The molecule has 3 rings (SSSR count). The number of rotatable bonds is 14. The summed E-state index contributed by atoms with van der Waals surface area (Å²) < 4.78 is 16.4. The smallest absolute Gasteiger partial charge is 0.162 e. The van der Waals surface area contributed by atoms with Crippen LogP contribution in [0.25, 0.3) is 22.6 Å². The topological polar surface area (TPSA) is 113 Å². The second-order valence-electron chi connectivity index (χ2n) is 8.15. The number of anilines is 1. The van der Waals surface area contributed by atoms with Crippen LogP contribution in [0.2, 0.25) is 0 Å². The van der Waals surface area contributed by atoms with Crippen LogP contribution >= 0.6 is 0 Å². The predicted octanol–water partition coefficient (Wildman–Crippen LogP) is 2.74. The molecule has 1 atom stereocenters. The third-order valence-corrected chi connectivity index (χ3v) is 5.43. The molecular weight excluding hydrogens is 458 g/mol. The highest BCUT2D eigenvalue weighted by molar-refractivity contribution is 5.69. The van der Waals surface area contributed by atoms with Crippen molar-refractivity contribution in [1.29, 1.82) is 5.26 Å². The van der Waals surface area contributed by atoms with Gasteiger partial charge in [-0.1, -0.05) is 24.3 Å². The number of methoxy groups -OCH3 is 2. The summed E-state index contributed by atoms with van der Waals surface area (Å²) in [5.74, 6) is 1.86. The molecule has 0 radical (unpaired) electrons. The normalized spacial score (nSPS) is 11.6. The number of hydrogen-bond donors (Lipinski definition) is 2. The largest absolute Gasteiger partial charge is 0.491 e. The fraction of sp³-hybridized carbons (Fsp3) is 0.370. The molecule has 0 fully saturated rings. The molecule has 0 spiro atoms. The van der Waals surface area contributed by atoms with E-state index in [1.165, 1.54) is 0 Å². The third kappa shape index (κ3) is 7.73. The zero-order valence-corrected chi connectivity index (χ0v) is 21.0. The fourth-order valence-corrected chi connectivity index (χ4v) is 3.58. The summed E-state index contributed by atoms with van der Waals surface area (Å²) in [4.78, 5) is 11.8. The molecule has 9 nitrogen and oxygen atoms in total. The summed E-state index contributed by atoms with van der Waals surface area (Å²) in [6.45, 7) is 2.91. The van der Waals surface area contributed by atoms with Gasteiger partial charge in [0, 0.05) is 51.0 Å². The van der Waals surface area contributed by atoms with Crippen LogP contribution in [0.5, 0.6) is 5.75 Å². The minimum atomic E-state index is -0.618. The van der Waals surface area contributed by atoms with Gasteiger partial charge in [-0.2, -0.15) is 5.26 Å². The van der Waals surface area contributed by atoms with Crippen molar-refractivity contribution in [2.24, 2.45) is 0 Å². The summed E-state index contributed by atoms with van der Waals surface area (Å²) in [5.41, 5.74) is 2.84. The number of nitrogens with zero attached hydrogens (tertiary/aromatic N) is 4. The molecule has 0 amide bonds. The standard InChI is InChI=1S/C27H33N5O4/c1-29-18-23(33)19-36-24-9-5-8-22(15-24)27-30-25(21-7-4-6-20(14-21)17-28)16-26(31-27)32(10-12-34-2)11-13-35-3/h4-9,14-16,23,29,33H,10-13,18-19H2,1-3H3. The molecule has 3 aromatic rings. The summed E-state index contributed by atoms with van der Waals surface area (Å²) in [6, 6.07) is 18.9. The Bertz CT molecular complexity index is 1140. The zero-order valence-electron chi connectivity index (χ0n) is 21.0. The summed E-state index contributed by atoms with van der Waals surface area (Å²) in [7, 11) is 5.11. The van der Waals surface area contributed by atoms with Crippen LogP contribution < -0.4 is 15.0 Å². The number of aliphatic hydroxyl groups is 1. The first-order valence-corrected chi connectivity index (χ1v) is 11.8. The van der Waals surface area contributed by atoms with Gasteiger partial charge in [0.05, 0.1) is 30.5 Å². The second-order valence-corrected chi connectivity index (χ2v) is 8.15. The van der Waals surface area contributed by atoms with Crippen molar-refractivity contribution in [1.82, 2.24) is 15.3 Å². The predicted molar refractivity (Wildman–Crippen MR) is 139 cm³/mol. The monoisotopic (exact) mass is 491 g/mol. The van der Waals surface area contributed by atoms with Gasteiger partial charge in [-0.3, -0.25) is 0 Å². The maximum Gasteiger partial charge on any atom is 0.162 e. The van der Waals surface area contributed by atoms with E-state index >= 15 is 0 Å². The van der Waals surface area contributed by atoms with E-state index in [0.29, 0.717) is 55.7 Å². The van der Waals surface area contributed by atoms with Crippen molar-refractivity contribution in [3.05, 3.63) is 60.2 Å². The highest BCUT2D eigenvalue weighted by Gasteiger charge is 2.15. The van der Waals surface area contributed by atoms with Gasteiger partial charge < -0.3 is 29.5 Å². The van der Waals surface area contributed by atoms with E-state index in [1.54, 1.807) is 27.3 Å². The molecule has 0 aliphatic heterocycles. The second kappa shape index (κ2) is 14.1. The maximum atomic E-state index is 9.98. The molecule has 0 aliphatic rings. The van der Waals surface area contributed by atoms with Crippen LogP contribution in [0.15, 0.2) is 54.6 Å². The summed E-state index contributed by atoms with van der Waals surface area (Å²) in [6.07, 6.45) is -0.618. The first kappa shape index (κ1) is 27.0. The number of hydrogen-bond acceptors (Lipinski definition) is 9. The lowest BCUT2D eigenvalue weighted by Crippen LogP contribution is -2.31. The molecule has 1 heterocycles. The van der Waals surface area contributed by atoms with Gasteiger partial charge in [0.1, 0.15) is 24.3 Å². The Morgan fingerprint density at radius 2 is 1.72 bits per heavy atom. The highest BCUT2D eigenvalue weighted by Crippen LogP contribution is 2.28. The number of ether oxygens (including phenoxy) is 3. The molecular formula is C27H33N5O4. The van der Waals surface area contributed by atoms with E-state index in [2.05, 4.69) is 16.3 Å². The Labute approximate surface area is 212 Å². The van der Waals surface area contributed by atoms with Crippen LogP contribution in [-0.2, 0) is 9.47 Å². The lowest BCUT2D eigenvalue weighted by Gasteiger charge is -2.24. The van der Waals surface area contributed by atoms with Gasteiger partial charge in [-0.25, -0.2) is 9.97 Å². The molecule has 36 heavy (non-hydrogen) atoms. The van der Waals surface area contributed by atoms with Crippen molar-refractivity contribution in [2.75, 3.05) is 65.6 Å². The average molecular weight is 492 g/mol. The van der Waals surface area contributed by atoms with Gasteiger partial charge in [-0.15, -0.1) is 0 Å². The Morgan fingerprint density at radius 1 is 1.00 bits per heavy atom. The summed E-state index contributed by atoms with van der Waals surface area (Å²) in [5, 5.41) is 22.3. The molecule has 2 N–H and O–H groups in total. The quantitative estimate of drug-likeness (QED) is 0.351. The first-order valence-electron chi connectivity index (χ1n) is 11.8. The Balaban J connectivity index is 2.03. The van der Waals surface area contributed by atoms with Crippen molar-refractivity contribution in [2.45, 2.75) is 6.10 Å². The molecule has 0 aliphatic carbocycles. The SMILES string of the molecule is CNCC(O)COc1cccc(-c2nc(-c3cccc(C#N)c3)cc(N(CCOC)CCOC)n2)c1. The average Bonchev–Trinajstić information content (AvgIpc) is 2.92. The fourth-order valence-electron chi connectivity index (χ4n) is 3.58. The lowest BCUT2D eigenvalue weighted by atomic mass is 10.1. The molecule has 0 bridgehead atoms. The molecule has 0 saturated carbocycles. The van der Waals surface area contributed by atoms with Crippen LogP contribution in [-0.4, -0.2) is 81.9 Å². The van der Waals surface area contributed by atoms with E-state index in [-0.39, 0.29) is 6.61 Å². The van der Waals surface area contributed by atoms with E-state index in [4.69, 9.17) is 24.2 Å². The van der Waals surface area contributed by atoms with Gasteiger partial charge in [0.15, 0.2) is 5.82 Å². The molecule has 1 aromatic heterocycles. The van der Waals surface area contributed by atoms with Crippen molar-refractivity contribution in [3.63, 3.8) is 0 Å². The Kier molecular flexibility index (Phi) is 10.6. The lowest BCUT2D eigenvalue weighted by molar-refractivity contribution is 0.108. The number of benzene rings is 2. The summed E-state index contributed by atoms with van der Waals surface area (Å²) >= 11 is 0. The molecule has 2 aromatic carbocycles. The van der Waals surface area contributed by atoms with Gasteiger partial charge in [-0.05, 0) is 31.3 Å². The molecule has 190 valence electrons. The Morgan fingerprint density at radius 3 is 2.42 bits per heavy atom. The molecule has 1 unspecified atom stereocenters. The first-order chi connectivity index (χ1) is 17.6. The van der Waals surface area contributed by atoms with Crippen LogP contribution in [0, 0.1) is 11.3 Å².